The summed E-state index contributed by atoms with van der Waals surface area (Å²) in [7, 11) is 0. The van der Waals surface area contributed by atoms with Crippen LogP contribution in [0.2, 0.25) is 0 Å². The van der Waals surface area contributed by atoms with Crippen LogP contribution in [0.25, 0.3) is 5.69 Å². The van der Waals surface area contributed by atoms with Crippen molar-refractivity contribution in [2.45, 2.75) is 25.7 Å². The molecule has 0 atom stereocenters. The van der Waals surface area contributed by atoms with E-state index in [-0.39, 0.29) is 11.5 Å². The second-order valence-corrected chi connectivity index (χ2v) is 5.24. The largest absolute Gasteiger partial charge is 0.478 e. The first-order chi connectivity index (χ1) is 9.99. The van der Waals surface area contributed by atoms with E-state index in [9.17, 15) is 19.8 Å². The molecule has 6 nitrogen and oxygen atoms in total. The highest BCUT2D eigenvalue weighted by molar-refractivity contribution is 6.01. The molecule has 1 fully saturated rings. The number of carbonyl (C=O) groups is 2. The van der Waals surface area contributed by atoms with Crippen LogP contribution in [0.15, 0.2) is 24.3 Å². The smallest absolute Gasteiger partial charge is 0.357 e. The minimum absolute atomic E-state index is 0.0676. The van der Waals surface area contributed by atoms with Crippen molar-refractivity contribution in [2.75, 3.05) is 0 Å². The molecular weight excluding hydrogens is 272 g/mol. The van der Waals surface area contributed by atoms with Gasteiger partial charge in [0.05, 0.1) is 11.4 Å². The van der Waals surface area contributed by atoms with Crippen molar-refractivity contribution in [3.63, 3.8) is 0 Å². The van der Waals surface area contributed by atoms with Crippen molar-refractivity contribution in [3.05, 3.63) is 46.8 Å². The van der Waals surface area contributed by atoms with Gasteiger partial charge in [0, 0.05) is 5.92 Å². The summed E-state index contributed by atoms with van der Waals surface area (Å²) in [6, 6.07) is 7.39. The maximum atomic E-state index is 11.5. The maximum Gasteiger partial charge on any atom is 0.357 e. The van der Waals surface area contributed by atoms with Gasteiger partial charge in [0.25, 0.3) is 0 Å². The predicted molar refractivity (Wildman–Crippen MR) is 74.2 cm³/mol. The molecule has 2 aromatic rings. The normalized spacial score (nSPS) is 14.1. The third kappa shape index (κ3) is 2.29. The average Bonchev–Trinajstić information content (AvgIpc) is 3.18. The molecule has 1 aromatic heterocycles. The Labute approximate surface area is 120 Å². The molecule has 21 heavy (non-hydrogen) atoms. The van der Waals surface area contributed by atoms with Gasteiger partial charge in [-0.3, -0.25) is 0 Å². The summed E-state index contributed by atoms with van der Waals surface area (Å²) >= 11 is 0. The van der Waals surface area contributed by atoms with E-state index >= 15 is 0 Å². The number of carboxylic acids is 2. The predicted octanol–water partition coefficient (Wildman–Crippen LogP) is 2.45. The lowest BCUT2D eigenvalue weighted by atomic mass is 10.1. The topological polar surface area (TPSA) is 92.4 Å². The third-order valence-corrected chi connectivity index (χ3v) is 3.58. The molecule has 0 spiro atoms. The number of aromatic carboxylic acids is 2. The molecule has 1 saturated carbocycles. The van der Waals surface area contributed by atoms with Gasteiger partial charge in [-0.15, -0.1) is 0 Å². The van der Waals surface area contributed by atoms with Gasteiger partial charge in [0.15, 0.2) is 5.69 Å². The number of benzene rings is 1. The first-order valence-corrected chi connectivity index (χ1v) is 6.65. The van der Waals surface area contributed by atoms with Gasteiger partial charge in [-0.25, -0.2) is 14.3 Å². The van der Waals surface area contributed by atoms with E-state index in [1.165, 1.54) is 4.68 Å². The molecule has 2 N–H and O–H groups in total. The van der Waals surface area contributed by atoms with E-state index in [1.807, 2.05) is 31.2 Å². The van der Waals surface area contributed by atoms with Crippen LogP contribution < -0.4 is 0 Å². The number of hydrogen-bond acceptors (Lipinski definition) is 3. The Morgan fingerprint density at radius 1 is 1.14 bits per heavy atom. The molecule has 0 radical (unpaired) electrons. The lowest BCUT2D eigenvalue weighted by Crippen LogP contribution is -2.08. The van der Waals surface area contributed by atoms with Crippen LogP contribution in [-0.2, 0) is 0 Å². The van der Waals surface area contributed by atoms with Crippen molar-refractivity contribution < 1.29 is 19.8 Å². The monoisotopic (exact) mass is 286 g/mol. The molecule has 0 amide bonds. The second-order valence-electron chi connectivity index (χ2n) is 5.24. The van der Waals surface area contributed by atoms with Crippen LogP contribution in [0.5, 0.6) is 0 Å². The van der Waals surface area contributed by atoms with Crippen molar-refractivity contribution in [2.24, 2.45) is 0 Å². The molecule has 1 aliphatic carbocycles. The number of carboxylic acid groups (broad SMARTS) is 2. The summed E-state index contributed by atoms with van der Waals surface area (Å²) in [5, 5.41) is 22.6. The quantitative estimate of drug-likeness (QED) is 0.900. The molecule has 0 saturated heterocycles. The summed E-state index contributed by atoms with van der Waals surface area (Å²) in [5.74, 6) is -2.49. The van der Waals surface area contributed by atoms with Crippen molar-refractivity contribution in [1.29, 1.82) is 0 Å². The SMILES string of the molecule is Cc1ccc(-n2nc(C(=O)O)c(C(=O)O)c2C2CC2)cc1. The summed E-state index contributed by atoms with van der Waals surface area (Å²) in [4.78, 5) is 22.7. The Morgan fingerprint density at radius 2 is 1.76 bits per heavy atom. The minimum Gasteiger partial charge on any atom is -0.478 e. The van der Waals surface area contributed by atoms with E-state index in [0.29, 0.717) is 11.4 Å². The fourth-order valence-electron chi connectivity index (χ4n) is 2.41. The van der Waals surface area contributed by atoms with E-state index in [4.69, 9.17) is 0 Å². The van der Waals surface area contributed by atoms with Crippen molar-refractivity contribution in [1.82, 2.24) is 9.78 Å². The second kappa shape index (κ2) is 4.73. The molecule has 0 unspecified atom stereocenters. The van der Waals surface area contributed by atoms with Crippen LogP contribution in [0.3, 0.4) is 0 Å². The summed E-state index contributed by atoms with van der Waals surface area (Å²) in [5.41, 5.74) is 1.65. The highest BCUT2D eigenvalue weighted by Crippen LogP contribution is 2.43. The summed E-state index contributed by atoms with van der Waals surface area (Å²) in [6.45, 7) is 1.94. The average molecular weight is 286 g/mol. The Morgan fingerprint density at radius 3 is 2.24 bits per heavy atom. The lowest BCUT2D eigenvalue weighted by molar-refractivity contribution is 0.0647. The fourth-order valence-corrected chi connectivity index (χ4v) is 2.41. The van der Waals surface area contributed by atoms with Gasteiger partial charge >= 0.3 is 11.9 Å². The zero-order valence-corrected chi connectivity index (χ0v) is 11.4. The highest BCUT2D eigenvalue weighted by Gasteiger charge is 2.37. The standard InChI is InChI=1S/C15H14N2O4/c1-8-2-6-10(7-3-8)17-13(9-4-5-9)11(14(18)19)12(16-17)15(20)21/h2-3,6-7,9H,4-5H2,1H3,(H,18,19)(H,20,21). The molecule has 0 aliphatic heterocycles. The van der Waals surface area contributed by atoms with Crippen LogP contribution in [0.1, 0.15) is 50.9 Å². The van der Waals surface area contributed by atoms with Gasteiger partial charge in [-0.05, 0) is 31.9 Å². The van der Waals surface area contributed by atoms with E-state index in [1.54, 1.807) is 0 Å². The molecule has 6 heteroatoms. The molecule has 0 bridgehead atoms. The van der Waals surface area contributed by atoms with Gasteiger partial charge in [0.2, 0.25) is 0 Å². The lowest BCUT2D eigenvalue weighted by Gasteiger charge is -2.07. The van der Waals surface area contributed by atoms with E-state index in [0.717, 1.165) is 18.4 Å². The van der Waals surface area contributed by atoms with Crippen molar-refractivity contribution >= 4 is 11.9 Å². The maximum absolute atomic E-state index is 11.5. The van der Waals surface area contributed by atoms with E-state index in [2.05, 4.69) is 5.10 Å². The van der Waals surface area contributed by atoms with Crippen LogP contribution in [0, 0.1) is 6.92 Å². The molecule has 3 rings (SSSR count). The Hall–Kier alpha value is -2.63. The van der Waals surface area contributed by atoms with Gasteiger partial charge in [0.1, 0.15) is 5.56 Å². The molecule has 1 aromatic carbocycles. The molecule has 1 aliphatic rings. The number of rotatable bonds is 4. The van der Waals surface area contributed by atoms with Crippen molar-refractivity contribution in [3.8, 4) is 5.69 Å². The number of aromatic nitrogens is 2. The molecule has 108 valence electrons. The minimum atomic E-state index is -1.32. The van der Waals surface area contributed by atoms with E-state index < -0.39 is 17.6 Å². The summed E-state index contributed by atoms with van der Waals surface area (Å²) < 4.78 is 1.46. The first-order valence-electron chi connectivity index (χ1n) is 6.65. The molecular formula is C15H14N2O4. The highest BCUT2D eigenvalue weighted by atomic mass is 16.4. The van der Waals surface area contributed by atoms with Crippen LogP contribution in [0.4, 0.5) is 0 Å². The number of aryl methyl sites for hydroxylation is 1. The third-order valence-electron chi connectivity index (χ3n) is 3.58. The van der Waals surface area contributed by atoms with Crippen LogP contribution >= 0.6 is 0 Å². The summed E-state index contributed by atoms with van der Waals surface area (Å²) in [6.07, 6.45) is 1.72. The van der Waals surface area contributed by atoms with Gasteiger partial charge in [-0.2, -0.15) is 5.10 Å². The number of hydrogen-bond donors (Lipinski definition) is 2. The zero-order valence-electron chi connectivity index (χ0n) is 11.4. The number of nitrogens with zero attached hydrogens (tertiary/aromatic N) is 2. The first kappa shape index (κ1) is 13.4. The fraction of sp³-hybridized carbons (Fsp3) is 0.267. The van der Waals surface area contributed by atoms with Crippen LogP contribution in [-0.4, -0.2) is 31.9 Å². The Kier molecular flexibility index (Phi) is 3.01. The Bertz CT molecular complexity index is 727. The Balaban J connectivity index is 2.24. The zero-order chi connectivity index (χ0) is 15.1. The molecule has 1 heterocycles. The van der Waals surface area contributed by atoms with Gasteiger partial charge in [-0.1, -0.05) is 17.7 Å². The van der Waals surface area contributed by atoms with Gasteiger partial charge < -0.3 is 10.2 Å².